The lowest BCUT2D eigenvalue weighted by atomic mass is 10.1. The number of hydrogen-bond donors (Lipinski definition) is 1. The van der Waals surface area contributed by atoms with Crippen LogP contribution in [0.5, 0.6) is 23.0 Å². The van der Waals surface area contributed by atoms with Crippen LogP contribution in [0.25, 0.3) is 0 Å². The minimum atomic E-state index is -4.45. The molecule has 45 heavy (non-hydrogen) atoms. The first-order valence-electron chi connectivity index (χ1n) is 14.2. The zero-order valence-electron chi connectivity index (χ0n) is 26.5. The number of hydrogen-bond acceptors (Lipinski definition) is 8. The van der Waals surface area contributed by atoms with E-state index in [1.54, 1.807) is 43.3 Å². The Balaban J connectivity index is 2.20. The molecule has 1 N–H and O–H groups in total. The number of anilines is 1. The average Bonchev–Trinajstić information content (AvgIpc) is 3.03. The van der Waals surface area contributed by atoms with E-state index in [0.717, 1.165) is 4.31 Å². The van der Waals surface area contributed by atoms with Crippen molar-refractivity contribution in [2.45, 2.75) is 50.7 Å². The van der Waals surface area contributed by atoms with Gasteiger partial charge in [0.1, 0.15) is 24.1 Å². The van der Waals surface area contributed by atoms with Gasteiger partial charge in [0.2, 0.25) is 11.8 Å². The SMILES string of the molecule is CCC(C(=O)NC(C)C)N(Cc1ccc(Cl)cc1)C(=O)CN(c1cc(OC)ccc1OC)S(=O)(=O)c1ccc(OC)c(OC)c1. The summed E-state index contributed by atoms with van der Waals surface area (Å²) in [6, 6.07) is 14.6. The minimum Gasteiger partial charge on any atom is -0.497 e. The predicted octanol–water partition coefficient (Wildman–Crippen LogP) is 4.90. The maximum absolute atomic E-state index is 14.4. The first-order chi connectivity index (χ1) is 21.4. The van der Waals surface area contributed by atoms with Crippen LogP contribution >= 0.6 is 11.6 Å². The van der Waals surface area contributed by atoms with E-state index in [1.807, 2.05) is 13.8 Å². The van der Waals surface area contributed by atoms with E-state index < -0.39 is 28.5 Å². The van der Waals surface area contributed by atoms with E-state index in [1.165, 1.54) is 57.6 Å². The third-order valence-electron chi connectivity index (χ3n) is 6.96. The van der Waals surface area contributed by atoms with E-state index in [4.69, 9.17) is 30.5 Å². The number of benzene rings is 3. The Labute approximate surface area is 270 Å². The van der Waals surface area contributed by atoms with Crippen LogP contribution in [0.2, 0.25) is 5.02 Å². The zero-order valence-corrected chi connectivity index (χ0v) is 28.1. The smallest absolute Gasteiger partial charge is 0.265 e. The normalized spacial score (nSPS) is 11.8. The van der Waals surface area contributed by atoms with Crippen LogP contribution in [0.3, 0.4) is 0 Å². The Hall–Kier alpha value is -4.16. The second-order valence-corrected chi connectivity index (χ2v) is 12.6. The molecule has 0 aliphatic carbocycles. The molecule has 1 unspecified atom stereocenters. The van der Waals surface area contributed by atoms with Gasteiger partial charge in [-0.15, -0.1) is 0 Å². The highest BCUT2D eigenvalue weighted by molar-refractivity contribution is 7.92. The fraction of sp³-hybridized carbons (Fsp3) is 0.375. The molecule has 3 aromatic carbocycles. The summed E-state index contributed by atoms with van der Waals surface area (Å²) in [5.41, 5.74) is 0.767. The van der Waals surface area contributed by atoms with Crippen LogP contribution in [-0.2, 0) is 26.2 Å². The summed E-state index contributed by atoms with van der Waals surface area (Å²) in [6.07, 6.45) is 0.281. The molecule has 0 aromatic heterocycles. The molecular weight excluding hydrogens is 622 g/mol. The van der Waals surface area contributed by atoms with Crippen molar-refractivity contribution in [1.29, 1.82) is 0 Å². The van der Waals surface area contributed by atoms with Crippen LogP contribution < -0.4 is 28.6 Å². The predicted molar refractivity (Wildman–Crippen MR) is 173 cm³/mol. The molecule has 0 saturated carbocycles. The summed E-state index contributed by atoms with van der Waals surface area (Å²) in [5.74, 6) is 0.0538. The van der Waals surface area contributed by atoms with Crippen molar-refractivity contribution in [2.75, 3.05) is 39.3 Å². The van der Waals surface area contributed by atoms with Crippen LogP contribution in [-0.4, -0.2) is 72.2 Å². The molecule has 1 atom stereocenters. The van der Waals surface area contributed by atoms with Crippen molar-refractivity contribution < 1.29 is 37.0 Å². The summed E-state index contributed by atoms with van der Waals surface area (Å²) in [5, 5.41) is 3.39. The van der Waals surface area contributed by atoms with E-state index in [2.05, 4.69) is 5.32 Å². The number of ether oxygens (including phenoxy) is 4. The van der Waals surface area contributed by atoms with Crippen LogP contribution in [0.15, 0.2) is 65.6 Å². The summed E-state index contributed by atoms with van der Waals surface area (Å²) < 4.78 is 51.3. The molecule has 0 fully saturated rings. The molecule has 3 aromatic rings. The van der Waals surface area contributed by atoms with Crippen molar-refractivity contribution in [1.82, 2.24) is 10.2 Å². The van der Waals surface area contributed by atoms with Gasteiger partial charge in [-0.25, -0.2) is 8.42 Å². The van der Waals surface area contributed by atoms with E-state index >= 15 is 0 Å². The number of halogens is 1. The Bertz CT molecular complexity index is 1580. The number of nitrogens with zero attached hydrogens (tertiary/aromatic N) is 2. The largest absolute Gasteiger partial charge is 0.497 e. The van der Waals surface area contributed by atoms with Gasteiger partial charge in [0.25, 0.3) is 10.0 Å². The molecule has 0 aliphatic rings. The lowest BCUT2D eigenvalue weighted by molar-refractivity contribution is -0.140. The van der Waals surface area contributed by atoms with Gasteiger partial charge in [-0.05, 0) is 62.2 Å². The molecule has 0 saturated heterocycles. The highest BCUT2D eigenvalue weighted by Gasteiger charge is 2.35. The Morgan fingerprint density at radius 2 is 1.47 bits per heavy atom. The number of amides is 2. The summed E-state index contributed by atoms with van der Waals surface area (Å²) >= 11 is 6.09. The lowest BCUT2D eigenvalue weighted by Crippen LogP contribution is -2.53. The molecule has 0 aliphatic heterocycles. The molecule has 244 valence electrons. The second-order valence-electron chi connectivity index (χ2n) is 10.3. The lowest BCUT2D eigenvalue weighted by Gasteiger charge is -2.34. The number of methoxy groups -OCH3 is 4. The third kappa shape index (κ3) is 8.52. The van der Waals surface area contributed by atoms with Crippen molar-refractivity contribution in [3.63, 3.8) is 0 Å². The summed E-state index contributed by atoms with van der Waals surface area (Å²) in [6.45, 7) is 4.79. The summed E-state index contributed by atoms with van der Waals surface area (Å²) in [7, 11) is 1.21. The first-order valence-corrected chi connectivity index (χ1v) is 16.0. The van der Waals surface area contributed by atoms with Crippen LogP contribution in [0, 0.1) is 0 Å². The van der Waals surface area contributed by atoms with Crippen molar-refractivity contribution in [2.24, 2.45) is 0 Å². The van der Waals surface area contributed by atoms with Crippen LogP contribution in [0.4, 0.5) is 5.69 Å². The number of carbonyl (C=O) groups is 2. The minimum absolute atomic E-state index is 0.0273. The van der Waals surface area contributed by atoms with Crippen molar-refractivity contribution in [3.8, 4) is 23.0 Å². The van der Waals surface area contributed by atoms with Gasteiger partial charge in [0.05, 0.1) is 39.0 Å². The zero-order chi connectivity index (χ0) is 33.3. The molecule has 0 bridgehead atoms. The van der Waals surface area contributed by atoms with E-state index in [0.29, 0.717) is 22.1 Å². The maximum atomic E-state index is 14.4. The molecule has 0 heterocycles. The van der Waals surface area contributed by atoms with Crippen molar-refractivity contribution in [3.05, 3.63) is 71.2 Å². The number of sulfonamides is 1. The maximum Gasteiger partial charge on any atom is 0.265 e. The second kappa shape index (κ2) is 15.7. The fourth-order valence-corrected chi connectivity index (χ4v) is 6.25. The molecule has 2 amide bonds. The fourth-order valence-electron chi connectivity index (χ4n) is 4.70. The third-order valence-corrected chi connectivity index (χ3v) is 8.97. The van der Waals surface area contributed by atoms with Gasteiger partial charge in [-0.2, -0.15) is 0 Å². The molecule has 0 spiro atoms. The van der Waals surface area contributed by atoms with Gasteiger partial charge in [0, 0.05) is 29.7 Å². The molecular formula is C32H40ClN3O8S. The van der Waals surface area contributed by atoms with Gasteiger partial charge in [-0.1, -0.05) is 30.7 Å². The van der Waals surface area contributed by atoms with E-state index in [9.17, 15) is 18.0 Å². The summed E-state index contributed by atoms with van der Waals surface area (Å²) in [4.78, 5) is 28.9. The average molecular weight is 662 g/mol. The quantitative estimate of drug-likeness (QED) is 0.244. The first kappa shape index (κ1) is 35.3. The highest BCUT2D eigenvalue weighted by Crippen LogP contribution is 2.38. The Morgan fingerprint density at radius 1 is 0.844 bits per heavy atom. The standard InChI is InChI=1S/C32H40ClN3O8S/c1-8-26(32(38)34-21(2)3)35(19-22-9-11-23(33)12-10-22)31(37)20-36(27-17-24(41-4)13-15-28(27)42-5)45(39,40)25-14-16-29(43-6)30(18-25)44-7/h9-18,21,26H,8,19-20H2,1-7H3,(H,34,38). The molecule has 0 radical (unpaired) electrons. The number of rotatable bonds is 15. The topological polar surface area (TPSA) is 124 Å². The van der Waals surface area contributed by atoms with Gasteiger partial charge < -0.3 is 29.2 Å². The molecule has 13 heteroatoms. The number of carbonyl (C=O) groups excluding carboxylic acids is 2. The number of nitrogens with one attached hydrogen (secondary N) is 1. The van der Waals surface area contributed by atoms with Gasteiger partial charge >= 0.3 is 0 Å². The van der Waals surface area contributed by atoms with Gasteiger partial charge in [-0.3, -0.25) is 13.9 Å². The molecule has 3 rings (SSSR count). The molecule has 11 nitrogen and oxygen atoms in total. The van der Waals surface area contributed by atoms with Crippen molar-refractivity contribution >= 4 is 39.1 Å². The highest BCUT2D eigenvalue weighted by atomic mass is 35.5. The van der Waals surface area contributed by atoms with E-state index in [-0.39, 0.29) is 47.0 Å². The Kier molecular flexibility index (Phi) is 12.3. The van der Waals surface area contributed by atoms with Gasteiger partial charge in [0.15, 0.2) is 11.5 Å². The monoisotopic (exact) mass is 661 g/mol. The van der Waals surface area contributed by atoms with Crippen LogP contribution in [0.1, 0.15) is 32.8 Å². The Morgan fingerprint density at radius 3 is 2.02 bits per heavy atom.